The number of hydrogen-bond acceptors (Lipinski definition) is 2. The number of nitrogens with zero attached hydrogens (tertiary/aromatic N) is 2. The van der Waals surface area contributed by atoms with Crippen molar-refractivity contribution in [2.24, 2.45) is 4.99 Å². The molecule has 0 radical (unpaired) electrons. The zero-order chi connectivity index (χ0) is 26.6. The van der Waals surface area contributed by atoms with Crippen LogP contribution in [-0.4, -0.2) is 10.4 Å². The molecule has 0 saturated carbocycles. The molecule has 0 amide bonds. The van der Waals surface area contributed by atoms with Crippen LogP contribution in [0.5, 0.6) is 0 Å². The zero-order valence-corrected chi connectivity index (χ0v) is 22.2. The molecule has 3 nitrogen and oxygen atoms in total. The van der Waals surface area contributed by atoms with Crippen molar-refractivity contribution in [1.82, 2.24) is 4.68 Å². The average Bonchev–Trinajstić information content (AvgIpc) is 3.52. The number of benzene rings is 6. The molecule has 0 atom stereocenters. The molecule has 0 unspecified atom stereocenters. The van der Waals surface area contributed by atoms with Gasteiger partial charge in [0.25, 0.3) is 0 Å². The van der Waals surface area contributed by atoms with Crippen LogP contribution in [0.25, 0.3) is 43.7 Å². The minimum Gasteiger partial charge on any atom is -0.292 e. The Morgan fingerprint density at radius 1 is 0.650 bits per heavy atom. The smallest absolute Gasteiger partial charge is 0.0882 e. The summed E-state index contributed by atoms with van der Waals surface area (Å²) in [4.78, 5) is 5.02. The Morgan fingerprint density at radius 3 is 2.30 bits per heavy atom. The predicted molar refractivity (Wildman–Crippen MR) is 169 cm³/mol. The topological polar surface area (TPSA) is 29.3 Å². The first-order valence-electron chi connectivity index (χ1n) is 13.8. The van der Waals surface area contributed by atoms with Gasteiger partial charge in [-0.15, -0.1) is 0 Å². The molecule has 1 aromatic heterocycles. The number of anilines is 1. The van der Waals surface area contributed by atoms with Crippen molar-refractivity contribution < 1.29 is 0 Å². The van der Waals surface area contributed by atoms with E-state index in [1.54, 1.807) is 0 Å². The van der Waals surface area contributed by atoms with Gasteiger partial charge >= 0.3 is 0 Å². The Morgan fingerprint density at radius 2 is 1.40 bits per heavy atom. The SMILES string of the molecule is C/C(=N\c1ccccc1Nn1c2ccccc2c2cc3c(cc21)Cc1ccc2ccccc2c1-3)c1ccccc1. The summed E-state index contributed by atoms with van der Waals surface area (Å²) in [6.07, 6.45) is 0.949. The van der Waals surface area contributed by atoms with Gasteiger partial charge in [-0.05, 0) is 82.3 Å². The Kier molecular flexibility index (Phi) is 5.11. The minimum absolute atomic E-state index is 0.912. The third-order valence-electron chi connectivity index (χ3n) is 8.18. The maximum absolute atomic E-state index is 5.02. The van der Waals surface area contributed by atoms with E-state index in [4.69, 9.17) is 4.99 Å². The van der Waals surface area contributed by atoms with E-state index >= 15 is 0 Å². The summed E-state index contributed by atoms with van der Waals surface area (Å²) in [6.45, 7) is 2.07. The van der Waals surface area contributed by atoms with Crippen molar-refractivity contribution in [3.8, 4) is 11.1 Å². The first-order chi connectivity index (χ1) is 19.7. The molecule has 1 aliphatic rings. The van der Waals surface area contributed by atoms with Gasteiger partial charge in [-0.1, -0.05) is 97.1 Å². The molecule has 1 N–H and O–H groups in total. The van der Waals surface area contributed by atoms with Gasteiger partial charge in [-0.2, -0.15) is 0 Å². The maximum atomic E-state index is 5.02. The Hall–Kier alpha value is -5.15. The number of nitrogens with one attached hydrogen (secondary N) is 1. The van der Waals surface area contributed by atoms with Crippen LogP contribution in [0.15, 0.2) is 132 Å². The lowest BCUT2D eigenvalue weighted by Crippen LogP contribution is -2.09. The van der Waals surface area contributed by atoms with Crippen LogP contribution in [0.1, 0.15) is 23.6 Å². The molecule has 3 heteroatoms. The molecule has 40 heavy (non-hydrogen) atoms. The molecule has 0 saturated heterocycles. The molecule has 7 aromatic rings. The van der Waals surface area contributed by atoms with Gasteiger partial charge in [0.2, 0.25) is 0 Å². The Bertz CT molecular complexity index is 2120. The van der Waals surface area contributed by atoms with Gasteiger partial charge in [-0.25, -0.2) is 0 Å². The quantitative estimate of drug-likeness (QED) is 0.233. The van der Waals surface area contributed by atoms with Crippen LogP contribution in [-0.2, 0) is 6.42 Å². The van der Waals surface area contributed by atoms with Crippen LogP contribution in [0.2, 0.25) is 0 Å². The fourth-order valence-electron chi connectivity index (χ4n) is 6.26. The van der Waals surface area contributed by atoms with E-state index in [-0.39, 0.29) is 0 Å². The number of fused-ring (bicyclic) bond motifs is 8. The molecule has 190 valence electrons. The third-order valence-corrected chi connectivity index (χ3v) is 8.18. The molecule has 0 spiro atoms. The summed E-state index contributed by atoms with van der Waals surface area (Å²) in [5.41, 5.74) is 15.6. The first-order valence-corrected chi connectivity index (χ1v) is 13.8. The van der Waals surface area contributed by atoms with Crippen LogP contribution >= 0.6 is 0 Å². The molecule has 6 aromatic carbocycles. The number of aliphatic imine (C=N–C) groups is 1. The highest BCUT2D eigenvalue weighted by molar-refractivity contribution is 6.12. The van der Waals surface area contributed by atoms with Gasteiger partial charge in [0, 0.05) is 16.5 Å². The van der Waals surface area contributed by atoms with Crippen molar-refractivity contribution in [1.29, 1.82) is 0 Å². The van der Waals surface area contributed by atoms with E-state index < -0.39 is 0 Å². The van der Waals surface area contributed by atoms with Crippen molar-refractivity contribution in [3.05, 3.63) is 144 Å². The summed E-state index contributed by atoms with van der Waals surface area (Å²) < 4.78 is 2.23. The minimum atomic E-state index is 0.912. The second kappa shape index (κ2) is 8.96. The molecule has 8 rings (SSSR count). The normalized spacial score (nSPS) is 12.7. The number of aromatic nitrogens is 1. The van der Waals surface area contributed by atoms with E-state index in [0.717, 1.165) is 34.6 Å². The maximum Gasteiger partial charge on any atom is 0.0882 e. The molecule has 0 aliphatic heterocycles. The second-order valence-electron chi connectivity index (χ2n) is 10.6. The number of rotatable bonds is 4. The van der Waals surface area contributed by atoms with Gasteiger partial charge in [0.05, 0.1) is 22.4 Å². The van der Waals surface area contributed by atoms with E-state index in [9.17, 15) is 0 Å². The standard InChI is InChI=1S/C37H27N3/c1-24(25-11-3-2-4-12-25)38-33-16-8-9-17-34(33)39-40-35-18-10-7-15-30(35)32-23-31-28(22-36(32)40)21-27-20-19-26-13-5-6-14-29(26)37(27)31/h2-20,22-23,39H,21H2,1H3/b38-24+. The van der Waals surface area contributed by atoms with Crippen LogP contribution in [0.3, 0.4) is 0 Å². The van der Waals surface area contributed by atoms with Crippen LogP contribution < -0.4 is 5.43 Å². The van der Waals surface area contributed by atoms with Crippen molar-refractivity contribution in [3.63, 3.8) is 0 Å². The monoisotopic (exact) mass is 513 g/mol. The van der Waals surface area contributed by atoms with Gasteiger partial charge < -0.3 is 0 Å². The van der Waals surface area contributed by atoms with Gasteiger partial charge in [0.15, 0.2) is 0 Å². The summed E-state index contributed by atoms with van der Waals surface area (Å²) in [7, 11) is 0. The average molecular weight is 514 g/mol. The lowest BCUT2D eigenvalue weighted by Gasteiger charge is -2.14. The highest BCUT2D eigenvalue weighted by Gasteiger charge is 2.23. The van der Waals surface area contributed by atoms with E-state index in [1.807, 2.05) is 12.1 Å². The van der Waals surface area contributed by atoms with Crippen LogP contribution in [0, 0.1) is 0 Å². The first kappa shape index (κ1) is 22.8. The largest absolute Gasteiger partial charge is 0.292 e. The lowest BCUT2D eigenvalue weighted by molar-refractivity contribution is 1.05. The fourth-order valence-corrected chi connectivity index (χ4v) is 6.26. The summed E-state index contributed by atoms with van der Waals surface area (Å²) in [5, 5.41) is 5.12. The Balaban J connectivity index is 1.30. The van der Waals surface area contributed by atoms with Crippen molar-refractivity contribution in [2.45, 2.75) is 13.3 Å². The third kappa shape index (κ3) is 3.55. The van der Waals surface area contributed by atoms with E-state index in [1.165, 1.54) is 49.3 Å². The summed E-state index contributed by atoms with van der Waals surface area (Å²) in [6, 6.07) is 45.4. The summed E-state index contributed by atoms with van der Waals surface area (Å²) >= 11 is 0. The zero-order valence-electron chi connectivity index (χ0n) is 22.2. The number of para-hydroxylation sites is 3. The van der Waals surface area contributed by atoms with Gasteiger partial charge in [-0.3, -0.25) is 15.1 Å². The predicted octanol–water partition coefficient (Wildman–Crippen LogP) is 9.53. The molecular formula is C37H27N3. The van der Waals surface area contributed by atoms with Gasteiger partial charge in [0.1, 0.15) is 0 Å². The molecule has 1 aliphatic carbocycles. The highest BCUT2D eigenvalue weighted by atomic mass is 15.4. The molecule has 1 heterocycles. The fraction of sp³-hybridized carbons (Fsp3) is 0.0541. The Labute approximate surface area is 233 Å². The molecule has 0 fully saturated rings. The number of hydrogen-bond donors (Lipinski definition) is 1. The highest BCUT2D eigenvalue weighted by Crippen LogP contribution is 2.44. The van der Waals surface area contributed by atoms with Crippen molar-refractivity contribution in [2.75, 3.05) is 5.43 Å². The van der Waals surface area contributed by atoms with E-state index in [0.29, 0.717) is 0 Å². The second-order valence-corrected chi connectivity index (χ2v) is 10.6. The van der Waals surface area contributed by atoms with E-state index in [2.05, 4.69) is 132 Å². The van der Waals surface area contributed by atoms with Crippen molar-refractivity contribution >= 4 is 49.7 Å². The molecular weight excluding hydrogens is 486 g/mol. The molecule has 0 bridgehead atoms. The lowest BCUT2D eigenvalue weighted by atomic mass is 9.97. The summed E-state index contributed by atoms with van der Waals surface area (Å²) in [5.74, 6) is 0. The van der Waals surface area contributed by atoms with Crippen LogP contribution in [0.4, 0.5) is 11.4 Å².